The largest absolute Gasteiger partial charge is 0.397 e. The van der Waals surface area contributed by atoms with Crippen LogP contribution in [0.5, 0.6) is 0 Å². The average molecular weight is 266 g/mol. The summed E-state index contributed by atoms with van der Waals surface area (Å²) in [5.74, 6) is 0.490. The van der Waals surface area contributed by atoms with Crippen LogP contribution in [0.4, 0.5) is 4.39 Å². The minimum Gasteiger partial charge on any atom is -0.397 e. The summed E-state index contributed by atoms with van der Waals surface area (Å²) >= 11 is 1.66. The van der Waals surface area contributed by atoms with Crippen molar-refractivity contribution in [3.63, 3.8) is 0 Å². The molecule has 0 fully saturated rings. The molecule has 1 rings (SSSR count). The molecule has 0 amide bonds. The Morgan fingerprint density at radius 3 is 2.72 bits per heavy atom. The van der Waals surface area contributed by atoms with Gasteiger partial charge in [0.25, 0.3) is 0 Å². The quantitative estimate of drug-likeness (QED) is 0.724. The van der Waals surface area contributed by atoms with Crippen LogP contribution in [0.25, 0.3) is 0 Å². The van der Waals surface area contributed by atoms with Gasteiger partial charge < -0.3 is 11.1 Å². The van der Waals surface area contributed by atoms with Crippen molar-refractivity contribution in [3.8, 4) is 0 Å². The molecule has 0 saturated carbocycles. The third-order valence-corrected chi connectivity index (χ3v) is 3.25. The standard InChI is InChI=1S/C14H19FN2S/c1-9(8-18-4)5-6-12(15)11(3)17-13-7-10(2)14(13)16/h5-6,17H,1-2,7-8,16H2,3-4H3/b6-5-,12-11-. The highest BCUT2D eigenvalue weighted by atomic mass is 32.2. The van der Waals surface area contributed by atoms with Gasteiger partial charge in [0.1, 0.15) is 5.83 Å². The zero-order valence-electron chi connectivity index (χ0n) is 10.8. The third kappa shape index (κ3) is 3.81. The molecule has 1 aliphatic rings. The van der Waals surface area contributed by atoms with Crippen LogP contribution in [0.3, 0.4) is 0 Å². The maximum absolute atomic E-state index is 13.7. The molecule has 0 aromatic heterocycles. The Morgan fingerprint density at radius 2 is 2.22 bits per heavy atom. The van der Waals surface area contributed by atoms with Crippen LogP contribution < -0.4 is 11.1 Å². The Kier molecular flexibility index (Phi) is 5.28. The number of thioether (sulfide) groups is 1. The second-order valence-electron chi connectivity index (χ2n) is 4.20. The second kappa shape index (κ2) is 6.50. The number of nitrogens with two attached hydrogens (primary N) is 1. The Balaban J connectivity index is 2.63. The van der Waals surface area contributed by atoms with E-state index in [4.69, 9.17) is 5.73 Å². The lowest BCUT2D eigenvalue weighted by atomic mass is 9.95. The van der Waals surface area contributed by atoms with Gasteiger partial charge in [0.05, 0.1) is 5.70 Å². The van der Waals surface area contributed by atoms with E-state index in [1.54, 1.807) is 24.8 Å². The van der Waals surface area contributed by atoms with Gasteiger partial charge in [0, 0.05) is 23.6 Å². The van der Waals surface area contributed by atoms with E-state index in [2.05, 4.69) is 18.5 Å². The molecule has 1 aliphatic carbocycles. The zero-order chi connectivity index (χ0) is 13.7. The van der Waals surface area contributed by atoms with E-state index in [0.29, 0.717) is 17.8 Å². The van der Waals surface area contributed by atoms with Gasteiger partial charge in [-0.2, -0.15) is 11.8 Å². The fourth-order valence-electron chi connectivity index (χ4n) is 1.46. The summed E-state index contributed by atoms with van der Waals surface area (Å²) in [4.78, 5) is 0. The number of hydrogen-bond donors (Lipinski definition) is 2. The first-order chi connectivity index (χ1) is 8.45. The first kappa shape index (κ1) is 14.6. The van der Waals surface area contributed by atoms with Gasteiger partial charge in [-0.3, -0.25) is 0 Å². The van der Waals surface area contributed by atoms with E-state index in [-0.39, 0.29) is 5.83 Å². The van der Waals surface area contributed by atoms with Crippen molar-refractivity contribution in [2.45, 2.75) is 13.3 Å². The summed E-state index contributed by atoms with van der Waals surface area (Å²) in [6.45, 7) is 9.27. The third-order valence-electron chi connectivity index (χ3n) is 2.59. The van der Waals surface area contributed by atoms with Gasteiger partial charge in [-0.15, -0.1) is 0 Å². The van der Waals surface area contributed by atoms with Crippen LogP contribution in [-0.4, -0.2) is 12.0 Å². The fraction of sp³-hybridized carbons (Fsp3) is 0.286. The highest BCUT2D eigenvalue weighted by Gasteiger charge is 2.18. The van der Waals surface area contributed by atoms with Crippen LogP contribution in [0.1, 0.15) is 13.3 Å². The monoisotopic (exact) mass is 266 g/mol. The number of halogens is 1. The van der Waals surface area contributed by atoms with Crippen molar-refractivity contribution >= 4 is 11.8 Å². The van der Waals surface area contributed by atoms with Crippen LogP contribution in [0.2, 0.25) is 0 Å². The van der Waals surface area contributed by atoms with Gasteiger partial charge in [-0.1, -0.05) is 19.2 Å². The molecule has 0 aromatic carbocycles. The molecular formula is C14H19FN2S. The van der Waals surface area contributed by atoms with Gasteiger partial charge in [-0.25, -0.2) is 4.39 Å². The maximum Gasteiger partial charge on any atom is 0.142 e. The molecule has 0 aromatic rings. The van der Waals surface area contributed by atoms with E-state index in [1.165, 1.54) is 6.08 Å². The van der Waals surface area contributed by atoms with Crippen LogP contribution in [-0.2, 0) is 0 Å². The maximum atomic E-state index is 13.7. The van der Waals surface area contributed by atoms with Crippen LogP contribution >= 0.6 is 11.8 Å². The summed E-state index contributed by atoms with van der Waals surface area (Å²) in [6, 6.07) is 0. The van der Waals surface area contributed by atoms with E-state index in [1.807, 2.05) is 6.26 Å². The Labute approximate surface area is 112 Å². The Hall–Kier alpha value is -1.42. The molecule has 3 N–H and O–H groups in total. The normalized spacial score (nSPS) is 16.7. The number of nitrogens with one attached hydrogen (secondary N) is 1. The molecule has 0 aliphatic heterocycles. The molecule has 0 radical (unpaired) electrons. The summed E-state index contributed by atoms with van der Waals surface area (Å²) in [7, 11) is 0. The lowest BCUT2D eigenvalue weighted by Crippen LogP contribution is -2.26. The number of rotatable bonds is 6. The second-order valence-corrected chi connectivity index (χ2v) is 5.06. The van der Waals surface area contributed by atoms with Crippen molar-refractivity contribution in [3.05, 3.63) is 59.4 Å². The highest BCUT2D eigenvalue weighted by molar-refractivity contribution is 7.98. The smallest absolute Gasteiger partial charge is 0.142 e. The molecule has 0 saturated heterocycles. The topological polar surface area (TPSA) is 38.0 Å². The Bertz CT molecular complexity index is 458. The minimum absolute atomic E-state index is 0.310. The predicted molar refractivity (Wildman–Crippen MR) is 78.6 cm³/mol. The highest BCUT2D eigenvalue weighted by Crippen LogP contribution is 2.27. The molecule has 0 spiro atoms. The zero-order valence-corrected chi connectivity index (χ0v) is 11.7. The van der Waals surface area contributed by atoms with Crippen molar-refractivity contribution in [2.24, 2.45) is 5.73 Å². The SMILES string of the molecule is C=C(/C=C\C(F)=C(/C)NC1=C(N)C(=C)C1)CSC. The lowest BCUT2D eigenvalue weighted by molar-refractivity contribution is 0.636. The van der Waals surface area contributed by atoms with E-state index in [0.717, 1.165) is 22.6 Å². The predicted octanol–water partition coefficient (Wildman–Crippen LogP) is 3.38. The molecule has 0 bridgehead atoms. The first-order valence-corrected chi connectivity index (χ1v) is 7.00. The molecule has 0 heterocycles. The van der Waals surface area contributed by atoms with Gasteiger partial charge in [0.2, 0.25) is 0 Å². The summed E-state index contributed by atoms with van der Waals surface area (Å²) in [5.41, 5.74) is 9.43. The van der Waals surface area contributed by atoms with Gasteiger partial charge in [0.15, 0.2) is 0 Å². The van der Waals surface area contributed by atoms with Crippen molar-refractivity contribution in [1.82, 2.24) is 5.32 Å². The lowest BCUT2D eigenvalue weighted by Gasteiger charge is -2.24. The van der Waals surface area contributed by atoms with E-state index in [9.17, 15) is 4.39 Å². The molecule has 18 heavy (non-hydrogen) atoms. The van der Waals surface area contributed by atoms with Gasteiger partial charge >= 0.3 is 0 Å². The molecule has 98 valence electrons. The molecule has 4 heteroatoms. The van der Waals surface area contributed by atoms with Crippen molar-refractivity contribution in [1.29, 1.82) is 0 Å². The minimum atomic E-state index is -0.310. The summed E-state index contributed by atoms with van der Waals surface area (Å²) < 4.78 is 13.7. The van der Waals surface area contributed by atoms with Crippen molar-refractivity contribution < 1.29 is 4.39 Å². The molecule has 0 atom stereocenters. The van der Waals surface area contributed by atoms with E-state index < -0.39 is 0 Å². The number of allylic oxidation sites excluding steroid dienone is 6. The first-order valence-electron chi connectivity index (χ1n) is 5.60. The van der Waals surface area contributed by atoms with E-state index >= 15 is 0 Å². The Morgan fingerprint density at radius 1 is 1.56 bits per heavy atom. The summed E-state index contributed by atoms with van der Waals surface area (Å²) in [6.07, 6.45) is 5.79. The number of hydrogen-bond acceptors (Lipinski definition) is 3. The molecule has 2 nitrogen and oxygen atoms in total. The summed E-state index contributed by atoms with van der Waals surface area (Å²) in [5, 5.41) is 2.96. The van der Waals surface area contributed by atoms with Crippen molar-refractivity contribution in [2.75, 3.05) is 12.0 Å². The van der Waals surface area contributed by atoms with Crippen LogP contribution in [0, 0.1) is 0 Å². The average Bonchev–Trinajstić information content (AvgIpc) is 2.35. The van der Waals surface area contributed by atoms with Gasteiger partial charge in [-0.05, 0) is 30.4 Å². The van der Waals surface area contributed by atoms with Crippen LogP contribution in [0.15, 0.2) is 59.4 Å². The molecular weight excluding hydrogens is 247 g/mol. The fourth-order valence-corrected chi connectivity index (χ4v) is 1.92. The molecule has 0 unspecified atom stereocenters.